The van der Waals surface area contributed by atoms with Crippen LogP contribution in [0, 0.1) is 0 Å². The number of aryl methyl sites for hydroxylation is 2. The van der Waals surface area contributed by atoms with Crippen LogP contribution in [-0.4, -0.2) is 44.3 Å². The van der Waals surface area contributed by atoms with Crippen LogP contribution in [0.1, 0.15) is 44.4 Å². The molecule has 10 heteroatoms. The van der Waals surface area contributed by atoms with Crippen molar-refractivity contribution in [2.45, 2.75) is 52.6 Å². The molecule has 0 bridgehead atoms. The zero-order valence-corrected chi connectivity index (χ0v) is 20.5. The number of tetrazole rings is 1. The molecule has 0 spiro atoms. The van der Waals surface area contributed by atoms with Crippen molar-refractivity contribution in [3.05, 3.63) is 83.1 Å². The van der Waals surface area contributed by atoms with E-state index in [-0.39, 0.29) is 5.69 Å². The van der Waals surface area contributed by atoms with E-state index in [1.54, 1.807) is 17.0 Å². The molecule has 4 heterocycles. The van der Waals surface area contributed by atoms with Gasteiger partial charge < -0.3 is 4.57 Å². The summed E-state index contributed by atoms with van der Waals surface area (Å²) in [6.07, 6.45) is 13.0. The average Bonchev–Trinajstić information content (AvgIpc) is 3.66. The molecule has 0 amide bonds. The summed E-state index contributed by atoms with van der Waals surface area (Å²) in [6, 6.07) is 9.87. The van der Waals surface area contributed by atoms with E-state index in [2.05, 4.69) is 44.4 Å². The molecular formula is C26H29N9O. The number of aromatic amines is 1. The van der Waals surface area contributed by atoms with Crippen molar-refractivity contribution in [1.82, 2.24) is 44.3 Å². The number of hydrogen-bond acceptors (Lipinski definition) is 6. The molecule has 0 aliphatic rings. The van der Waals surface area contributed by atoms with Crippen LogP contribution in [-0.2, 0) is 19.5 Å². The third-order valence-corrected chi connectivity index (χ3v) is 6.27. The molecule has 0 aliphatic heterocycles. The number of aromatic nitrogens is 9. The van der Waals surface area contributed by atoms with E-state index in [0.717, 1.165) is 60.2 Å². The van der Waals surface area contributed by atoms with Crippen molar-refractivity contribution >= 4 is 0 Å². The maximum Gasteiger partial charge on any atom is 0.335 e. The number of nitrogens with zero attached hydrogens (tertiary/aromatic N) is 8. The number of imidazole rings is 2. The Balaban J connectivity index is 1.58. The van der Waals surface area contributed by atoms with Crippen molar-refractivity contribution in [3.8, 4) is 28.5 Å². The Morgan fingerprint density at radius 2 is 1.86 bits per heavy atom. The SMILES string of the molecule is CCCCn1ccnc1-n1cc(CCC)n(Cc2cnccc2-c2ccccc2-c2nn[nH]n2)c1=O. The molecule has 1 aromatic carbocycles. The Morgan fingerprint density at radius 1 is 1.00 bits per heavy atom. The van der Waals surface area contributed by atoms with Gasteiger partial charge in [0.05, 0.1) is 6.54 Å². The summed E-state index contributed by atoms with van der Waals surface area (Å²) in [5, 5.41) is 14.6. The summed E-state index contributed by atoms with van der Waals surface area (Å²) < 4.78 is 5.55. The molecule has 184 valence electrons. The van der Waals surface area contributed by atoms with E-state index in [1.165, 1.54) is 0 Å². The third-order valence-electron chi connectivity index (χ3n) is 6.27. The van der Waals surface area contributed by atoms with E-state index in [1.807, 2.05) is 58.1 Å². The number of pyridine rings is 1. The smallest absolute Gasteiger partial charge is 0.317 e. The molecule has 1 N–H and O–H groups in total. The van der Waals surface area contributed by atoms with E-state index >= 15 is 0 Å². The summed E-state index contributed by atoms with van der Waals surface area (Å²) in [6.45, 7) is 5.48. The lowest BCUT2D eigenvalue weighted by atomic mass is 9.96. The summed E-state index contributed by atoms with van der Waals surface area (Å²) >= 11 is 0. The van der Waals surface area contributed by atoms with Crippen LogP contribution in [0.15, 0.2) is 66.1 Å². The second-order valence-electron chi connectivity index (χ2n) is 8.70. The fourth-order valence-electron chi connectivity index (χ4n) is 4.49. The monoisotopic (exact) mass is 483 g/mol. The molecule has 0 saturated heterocycles. The van der Waals surface area contributed by atoms with Gasteiger partial charge in [-0.05, 0) is 40.8 Å². The lowest BCUT2D eigenvalue weighted by molar-refractivity contribution is 0.608. The van der Waals surface area contributed by atoms with E-state index < -0.39 is 0 Å². The molecule has 0 atom stereocenters. The summed E-state index contributed by atoms with van der Waals surface area (Å²) in [5.74, 6) is 1.17. The Morgan fingerprint density at radius 3 is 2.64 bits per heavy atom. The van der Waals surface area contributed by atoms with Gasteiger partial charge in [0.1, 0.15) is 0 Å². The molecule has 0 radical (unpaired) electrons. The first-order valence-electron chi connectivity index (χ1n) is 12.3. The van der Waals surface area contributed by atoms with Crippen LogP contribution in [0.5, 0.6) is 0 Å². The fourth-order valence-corrected chi connectivity index (χ4v) is 4.49. The molecule has 0 unspecified atom stereocenters. The van der Waals surface area contributed by atoms with Gasteiger partial charge in [-0.15, -0.1) is 10.2 Å². The van der Waals surface area contributed by atoms with E-state index in [4.69, 9.17) is 0 Å². The summed E-state index contributed by atoms with van der Waals surface area (Å²) in [4.78, 5) is 22.6. The van der Waals surface area contributed by atoms with Crippen molar-refractivity contribution in [1.29, 1.82) is 0 Å². The number of benzene rings is 1. The summed E-state index contributed by atoms with van der Waals surface area (Å²) in [5.41, 5.74) is 4.57. The molecule has 0 aliphatic carbocycles. The van der Waals surface area contributed by atoms with Gasteiger partial charge in [0.25, 0.3) is 0 Å². The van der Waals surface area contributed by atoms with Crippen LogP contribution in [0.25, 0.3) is 28.5 Å². The van der Waals surface area contributed by atoms with Crippen LogP contribution in [0.2, 0.25) is 0 Å². The quantitative estimate of drug-likeness (QED) is 0.323. The van der Waals surface area contributed by atoms with Gasteiger partial charge in [-0.25, -0.2) is 14.3 Å². The van der Waals surface area contributed by atoms with Crippen molar-refractivity contribution in [2.24, 2.45) is 0 Å². The lowest BCUT2D eigenvalue weighted by Crippen LogP contribution is -2.26. The van der Waals surface area contributed by atoms with Crippen LogP contribution < -0.4 is 5.69 Å². The number of unbranched alkanes of at least 4 members (excludes halogenated alkanes) is 1. The minimum Gasteiger partial charge on any atom is -0.317 e. The predicted octanol–water partition coefficient (Wildman–Crippen LogP) is 3.88. The first kappa shape index (κ1) is 23.4. The Hall–Kier alpha value is -4.34. The van der Waals surface area contributed by atoms with Crippen LogP contribution in [0.3, 0.4) is 0 Å². The minimum atomic E-state index is -0.108. The number of rotatable bonds is 10. The highest BCUT2D eigenvalue weighted by atomic mass is 16.1. The van der Waals surface area contributed by atoms with Gasteiger partial charge in [-0.1, -0.05) is 51.0 Å². The molecule has 5 aromatic rings. The zero-order valence-electron chi connectivity index (χ0n) is 20.5. The van der Waals surface area contributed by atoms with Crippen LogP contribution >= 0.6 is 0 Å². The molecule has 0 saturated carbocycles. The highest BCUT2D eigenvalue weighted by Crippen LogP contribution is 2.32. The summed E-state index contributed by atoms with van der Waals surface area (Å²) in [7, 11) is 0. The normalized spacial score (nSPS) is 11.3. The second-order valence-corrected chi connectivity index (χ2v) is 8.70. The standard InChI is InChI=1S/C26H29N9O/c1-3-5-14-33-15-13-28-25(33)35-18-20(8-4-2)34(26(35)36)17-19-16-27-12-11-21(19)22-9-6-7-10-23(22)24-29-31-32-30-24/h6-7,9-13,15-16,18H,3-5,8,14,17H2,1-2H3,(H,29,30,31,32). The molecule has 4 aromatic heterocycles. The predicted molar refractivity (Wildman–Crippen MR) is 137 cm³/mol. The maximum absolute atomic E-state index is 13.7. The van der Waals surface area contributed by atoms with Gasteiger partial charge in [0.2, 0.25) is 11.8 Å². The Bertz CT molecular complexity index is 1490. The Labute approximate surface area is 208 Å². The van der Waals surface area contributed by atoms with E-state index in [0.29, 0.717) is 18.3 Å². The topological polar surface area (TPSA) is 112 Å². The van der Waals surface area contributed by atoms with Gasteiger partial charge >= 0.3 is 5.69 Å². The number of nitrogens with one attached hydrogen (secondary N) is 1. The molecular weight excluding hydrogens is 454 g/mol. The van der Waals surface area contributed by atoms with Gasteiger partial charge in [-0.3, -0.25) is 9.55 Å². The van der Waals surface area contributed by atoms with Gasteiger partial charge in [-0.2, -0.15) is 5.21 Å². The van der Waals surface area contributed by atoms with Crippen molar-refractivity contribution < 1.29 is 0 Å². The first-order chi connectivity index (χ1) is 17.7. The molecule has 5 rings (SSSR count). The highest BCUT2D eigenvalue weighted by molar-refractivity contribution is 5.81. The zero-order chi connectivity index (χ0) is 24.9. The average molecular weight is 484 g/mol. The Kier molecular flexibility index (Phi) is 6.83. The van der Waals surface area contributed by atoms with E-state index in [9.17, 15) is 4.79 Å². The van der Waals surface area contributed by atoms with Gasteiger partial charge in [0.15, 0.2) is 0 Å². The maximum atomic E-state index is 13.7. The molecule has 36 heavy (non-hydrogen) atoms. The van der Waals surface area contributed by atoms with Crippen molar-refractivity contribution in [3.63, 3.8) is 0 Å². The molecule has 10 nitrogen and oxygen atoms in total. The number of H-pyrrole nitrogens is 1. The van der Waals surface area contributed by atoms with Crippen molar-refractivity contribution in [2.75, 3.05) is 0 Å². The van der Waals surface area contributed by atoms with Gasteiger partial charge in [0, 0.05) is 48.8 Å². The van der Waals surface area contributed by atoms with Crippen LogP contribution in [0.4, 0.5) is 0 Å². The first-order valence-corrected chi connectivity index (χ1v) is 12.3. The fraction of sp³-hybridized carbons (Fsp3) is 0.308. The largest absolute Gasteiger partial charge is 0.335 e. The molecule has 0 fully saturated rings. The second kappa shape index (κ2) is 10.5. The number of hydrogen-bond donors (Lipinski definition) is 1. The highest BCUT2D eigenvalue weighted by Gasteiger charge is 2.19. The lowest BCUT2D eigenvalue weighted by Gasteiger charge is -2.13. The third kappa shape index (κ3) is 4.49. The minimum absolute atomic E-state index is 0.108.